The van der Waals surface area contributed by atoms with Crippen LogP contribution in [-0.2, 0) is 17.8 Å². The number of halogens is 1. The molecule has 0 bridgehead atoms. The average Bonchev–Trinajstić information content (AvgIpc) is 2.22. The molecule has 0 saturated carbocycles. The Kier molecular flexibility index (Phi) is 4.98. The minimum absolute atomic E-state index is 0.136. The van der Waals surface area contributed by atoms with Crippen LogP contribution in [0.25, 0.3) is 0 Å². The van der Waals surface area contributed by atoms with Crippen LogP contribution in [-0.4, -0.2) is 16.6 Å². The van der Waals surface area contributed by atoms with Gasteiger partial charge in [0.1, 0.15) is 16.9 Å². The maximum atomic E-state index is 11.5. The van der Waals surface area contributed by atoms with E-state index in [2.05, 4.69) is 32.8 Å². The van der Waals surface area contributed by atoms with Crippen molar-refractivity contribution in [1.29, 1.82) is 0 Å². The van der Waals surface area contributed by atoms with Crippen molar-refractivity contribution in [3.8, 4) is 0 Å². The fourth-order valence-corrected chi connectivity index (χ4v) is 1.61. The van der Waals surface area contributed by atoms with Crippen molar-refractivity contribution in [1.82, 2.24) is 9.97 Å². The molecule has 1 aromatic heterocycles. The average molecular weight is 275 g/mol. The number of hydrogen-bond donors (Lipinski definition) is 1. The van der Waals surface area contributed by atoms with Crippen molar-refractivity contribution in [3.05, 3.63) is 26.3 Å². The third-order valence-electron chi connectivity index (χ3n) is 1.91. The molecule has 5 heteroatoms. The Labute approximate surface area is 97.2 Å². The van der Waals surface area contributed by atoms with Crippen LogP contribution in [0.4, 0.5) is 0 Å². The van der Waals surface area contributed by atoms with Gasteiger partial charge in [-0.05, 0) is 29.3 Å². The number of nitrogens with one attached hydrogen (secondary N) is 1. The molecule has 84 valence electrons. The summed E-state index contributed by atoms with van der Waals surface area (Å²) in [5.41, 5.74) is 0.666. The molecule has 0 aliphatic heterocycles. The summed E-state index contributed by atoms with van der Waals surface area (Å²) in [6, 6.07) is 0. The van der Waals surface area contributed by atoms with Gasteiger partial charge in [0, 0.05) is 6.61 Å². The molecule has 0 spiro atoms. The lowest BCUT2D eigenvalue weighted by atomic mass is 10.2. The first-order valence-corrected chi connectivity index (χ1v) is 5.83. The van der Waals surface area contributed by atoms with E-state index >= 15 is 0 Å². The second-order valence-corrected chi connectivity index (χ2v) is 3.95. The Morgan fingerprint density at radius 3 is 2.80 bits per heavy atom. The summed E-state index contributed by atoms with van der Waals surface area (Å²) in [6.07, 6.45) is 1.76. The number of aromatic nitrogens is 2. The molecule has 0 aliphatic carbocycles. The maximum Gasteiger partial charge on any atom is 0.265 e. The van der Waals surface area contributed by atoms with Crippen molar-refractivity contribution in [3.63, 3.8) is 0 Å². The highest BCUT2D eigenvalue weighted by molar-refractivity contribution is 9.10. The lowest BCUT2D eigenvalue weighted by Crippen LogP contribution is -2.16. The fourth-order valence-electron chi connectivity index (χ4n) is 1.23. The fraction of sp³-hybridized carbons (Fsp3) is 0.600. The molecule has 4 nitrogen and oxygen atoms in total. The summed E-state index contributed by atoms with van der Waals surface area (Å²) >= 11 is 3.24. The van der Waals surface area contributed by atoms with Crippen LogP contribution >= 0.6 is 15.9 Å². The van der Waals surface area contributed by atoms with E-state index in [1.165, 1.54) is 0 Å². The van der Waals surface area contributed by atoms with Gasteiger partial charge in [0.05, 0.1) is 5.69 Å². The number of rotatable bonds is 5. The lowest BCUT2D eigenvalue weighted by molar-refractivity contribution is 0.128. The molecule has 0 aromatic carbocycles. The van der Waals surface area contributed by atoms with E-state index in [1.54, 1.807) is 0 Å². The first kappa shape index (κ1) is 12.4. The van der Waals surface area contributed by atoms with E-state index < -0.39 is 0 Å². The molecule has 1 heterocycles. The lowest BCUT2D eigenvalue weighted by Gasteiger charge is -2.05. The van der Waals surface area contributed by atoms with E-state index in [4.69, 9.17) is 4.74 Å². The molecule has 0 saturated heterocycles. The highest BCUT2D eigenvalue weighted by Gasteiger charge is 2.07. The zero-order valence-corrected chi connectivity index (χ0v) is 10.6. The van der Waals surface area contributed by atoms with E-state index in [0.29, 0.717) is 23.5 Å². The second-order valence-electron chi connectivity index (χ2n) is 3.16. The SMILES string of the molecule is CCCc1nc(COCC)[nH]c(=O)c1Br. The van der Waals surface area contributed by atoms with Gasteiger partial charge >= 0.3 is 0 Å². The standard InChI is InChI=1S/C10H15BrN2O2/c1-3-5-7-9(11)10(14)13-8(12-7)6-15-4-2/h3-6H2,1-2H3,(H,12,13,14). The van der Waals surface area contributed by atoms with Gasteiger partial charge in [-0.3, -0.25) is 4.79 Å². The molecule has 1 N–H and O–H groups in total. The summed E-state index contributed by atoms with van der Waals surface area (Å²) in [5, 5.41) is 0. The minimum atomic E-state index is -0.136. The quantitative estimate of drug-likeness (QED) is 0.894. The molecule has 0 amide bonds. The Balaban J connectivity index is 2.95. The molecule has 1 rings (SSSR count). The molecule has 0 radical (unpaired) electrons. The summed E-state index contributed by atoms with van der Waals surface area (Å²) in [6.45, 7) is 4.93. The Morgan fingerprint density at radius 2 is 2.20 bits per heavy atom. The second kappa shape index (κ2) is 6.02. The summed E-state index contributed by atoms with van der Waals surface area (Å²) in [4.78, 5) is 18.5. The molecular formula is C10H15BrN2O2. The van der Waals surface area contributed by atoms with Crippen LogP contribution < -0.4 is 5.56 Å². The Hall–Kier alpha value is -0.680. The van der Waals surface area contributed by atoms with Crippen molar-refractivity contribution in [2.75, 3.05) is 6.61 Å². The van der Waals surface area contributed by atoms with Crippen LogP contribution in [0.1, 0.15) is 31.8 Å². The highest BCUT2D eigenvalue weighted by atomic mass is 79.9. The number of nitrogens with zero attached hydrogens (tertiary/aromatic N) is 1. The summed E-state index contributed by atoms with van der Waals surface area (Å²) in [7, 11) is 0. The number of ether oxygens (including phenoxy) is 1. The van der Waals surface area contributed by atoms with E-state index in [1.807, 2.05) is 6.92 Å². The third kappa shape index (κ3) is 3.43. The Bertz CT molecular complexity index is 376. The highest BCUT2D eigenvalue weighted by Crippen LogP contribution is 2.11. The van der Waals surface area contributed by atoms with Crippen LogP contribution in [0.15, 0.2) is 9.27 Å². The first-order valence-electron chi connectivity index (χ1n) is 5.04. The number of hydrogen-bond acceptors (Lipinski definition) is 3. The van der Waals surface area contributed by atoms with Crippen molar-refractivity contribution in [2.24, 2.45) is 0 Å². The number of aromatic amines is 1. The smallest absolute Gasteiger partial charge is 0.265 e. The summed E-state index contributed by atoms with van der Waals surface area (Å²) in [5.74, 6) is 0.591. The van der Waals surface area contributed by atoms with E-state index in [0.717, 1.165) is 18.5 Å². The minimum Gasteiger partial charge on any atom is -0.374 e. The molecule has 0 aliphatic rings. The van der Waals surface area contributed by atoms with Gasteiger partial charge in [-0.2, -0.15) is 0 Å². The molecule has 0 atom stereocenters. The van der Waals surface area contributed by atoms with Gasteiger partial charge in [0.15, 0.2) is 0 Å². The molecular weight excluding hydrogens is 260 g/mol. The van der Waals surface area contributed by atoms with Crippen LogP contribution in [0.3, 0.4) is 0 Å². The van der Waals surface area contributed by atoms with Gasteiger partial charge in [-0.1, -0.05) is 13.3 Å². The predicted octanol–water partition coefficient (Wildman–Crippen LogP) is 2.02. The van der Waals surface area contributed by atoms with Gasteiger partial charge in [-0.25, -0.2) is 4.98 Å². The van der Waals surface area contributed by atoms with E-state index in [-0.39, 0.29) is 5.56 Å². The zero-order valence-electron chi connectivity index (χ0n) is 8.97. The number of H-pyrrole nitrogens is 1. The van der Waals surface area contributed by atoms with Gasteiger partial charge in [-0.15, -0.1) is 0 Å². The first-order chi connectivity index (χ1) is 7.19. The molecule has 0 unspecified atom stereocenters. The van der Waals surface area contributed by atoms with Gasteiger partial charge < -0.3 is 9.72 Å². The van der Waals surface area contributed by atoms with Crippen LogP contribution in [0.5, 0.6) is 0 Å². The van der Waals surface area contributed by atoms with Gasteiger partial charge in [0.2, 0.25) is 0 Å². The normalized spacial score (nSPS) is 10.6. The van der Waals surface area contributed by atoms with E-state index in [9.17, 15) is 4.79 Å². The Morgan fingerprint density at radius 1 is 1.47 bits per heavy atom. The topological polar surface area (TPSA) is 55.0 Å². The van der Waals surface area contributed by atoms with Crippen molar-refractivity contribution >= 4 is 15.9 Å². The van der Waals surface area contributed by atoms with Crippen LogP contribution in [0, 0.1) is 0 Å². The maximum absolute atomic E-state index is 11.5. The van der Waals surface area contributed by atoms with Crippen molar-refractivity contribution in [2.45, 2.75) is 33.3 Å². The zero-order chi connectivity index (χ0) is 11.3. The third-order valence-corrected chi connectivity index (χ3v) is 2.73. The largest absolute Gasteiger partial charge is 0.374 e. The molecule has 0 fully saturated rings. The monoisotopic (exact) mass is 274 g/mol. The number of aryl methyl sites for hydroxylation is 1. The molecule has 1 aromatic rings. The van der Waals surface area contributed by atoms with Crippen molar-refractivity contribution < 1.29 is 4.74 Å². The molecule has 15 heavy (non-hydrogen) atoms. The summed E-state index contributed by atoms with van der Waals surface area (Å²) < 4.78 is 5.73. The van der Waals surface area contributed by atoms with Crippen LogP contribution in [0.2, 0.25) is 0 Å². The predicted molar refractivity (Wildman–Crippen MR) is 61.9 cm³/mol. The van der Waals surface area contributed by atoms with Gasteiger partial charge in [0.25, 0.3) is 5.56 Å².